The number of nitrogens with one attached hydrogen (secondary N) is 1. The average molecular weight is 197 g/mol. The summed E-state index contributed by atoms with van der Waals surface area (Å²) in [5, 5.41) is 3.35. The summed E-state index contributed by atoms with van der Waals surface area (Å²) in [6.07, 6.45) is 2.80. The van der Waals surface area contributed by atoms with Gasteiger partial charge in [0.05, 0.1) is 0 Å². The predicted octanol–water partition coefficient (Wildman–Crippen LogP) is 0.232. The van der Waals surface area contributed by atoms with Crippen molar-refractivity contribution in [2.75, 3.05) is 46.8 Å². The van der Waals surface area contributed by atoms with Gasteiger partial charge in [-0.15, -0.1) is 0 Å². The van der Waals surface area contributed by atoms with Crippen molar-refractivity contribution in [1.29, 1.82) is 0 Å². The van der Waals surface area contributed by atoms with Crippen molar-refractivity contribution < 1.29 is 0 Å². The highest BCUT2D eigenvalue weighted by atomic mass is 15.2. The molecule has 0 saturated carbocycles. The Morgan fingerprint density at radius 2 is 1.86 bits per heavy atom. The molecule has 0 atom stereocenters. The molecule has 0 amide bonds. The Morgan fingerprint density at radius 3 is 2.29 bits per heavy atom. The van der Waals surface area contributed by atoms with E-state index in [2.05, 4.69) is 29.2 Å². The number of rotatable bonds is 3. The molecule has 0 aromatic rings. The average Bonchev–Trinajstić information content (AvgIpc) is 2.04. The highest BCUT2D eigenvalue weighted by Crippen LogP contribution is 2.20. The molecule has 1 N–H and O–H groups in total. The van der Waals surface area contributed by atoms with Gasteiger partial charge in [-0.2, -0.15) is 0 Å². The van der Waals surface area contributed by atoms with Gasteiger partial charge in [0.1, 0.15) is 0 Å². The first-order valence-corrected chi connectivity index (χ1v) is 5.85. The summed E-state index contributed by atoms with van der Waals surface area (Å²) in [6.45, 7) is 6.36. The van der Waals surface area contributed by atoms with Gasteiger partial charge in [0.2, 0.25) is 0 Å². The maximum absolute atomic E-state index is 3.35. The maximum atomic E-state index is 3.35. The van der Waals surface area contributed by atoms with Crippen LogP contribution in [0, 0.1) is 5.92 Å². The van der Waals surface area contributed by atoms with E-state index in [4.69, 9.17) is 0 Å². The van der Waals surface area contributed by atoms with Crippen LogP contribution in [0.25, 0.3) is 0 Å². The molecule has 2 rings (SSSR count). The largest absolute Gasteiger partial charge is 0.314 e. The second kappa shape index (κ2) is 4.60. The van der Waals surface area contributed by atoms with Gasteiger partial charge in [-0.05, 0) is 45.9 Å². The monoisotopic (exact) mass is 197 g/mol. The fourth-order valence-corrected chi connectivity index (χ4v) is 2.55. The molecule has 0 unspecified atom stereocenters. The molecule has 2 heterocycles. The summed E-state index contributed by atoms with van der Waals surface area (Å²) >= 11 is 0. The van der Waals surface area contributed by atoms with Gasteiger partial charge in [0, 0.05) is 25.7 Å². The highest BCUT2D eigenvalue weighted by Gasteiger charge is 2.28. The molecule has 3 heteroatoms. The van der Waals surface area contributed by atoms with E-state index < -0.39 is 0 Å². The second-order valence-corrected chi connectivity index (χ2v) is 5.05. The minimum absolute atomic E-state index is 0.857. The van der Waals surface area contributed by atoms with Gasteiger partial charge >= 0.3 is 0 Å². The van der Waals surface area contributed by atoms with Crippen LogP contribution in [0.5, 0.6) is 0 Å². The van der Waals surface area contributed by atoms with E-state index in [1.807, 2.05) is 0 Å². The number of likely N-dealkylation sites (tertiary alicyclic amines) is 1. The number of piperidine rings is 1. The minimum atomic E-state index is 0.857. The Balaban J connectivity index is 1.69. The van der Waals surface area contributed by atoms with Crippen molar-refractivity contribution in [2.45, 2.75) is 18.9 Å². The topological polar surface area (TPSA) is 18.5 Å². The first-order valence-electron chi connectivity index (χ1n) is 5.85. The Hall–Kier alpha value is -0.120. The Kier molecular flexibility index (Phi) is 3.42. The third-order valence-electron chi connectivity index (χ3n) is 3.55. The molecule has 14 heavy (non-hydrogen) atoms. The molecule has 2 fully saturated rings. The van der Waals surface area contributed by atoms with Crippen LogP contribution in [0.15, 0.2) is 0 Å². The van der Waals surface area contributed by atoms with Gasteiger partial charge in [0.15, 0.2) is 0 Å². The summed E-state index contributed by atoms with van der Waals surface area (Å²) in [4.78, 5) is 4.99. The van der Waals surface area contributed by atoms with Crippen molar-refractivity contribution in [3.63, 3.8) is 0 Å². The Labute approximate surface area is 87.4 Å². The van der Waals surface area contributed by atoms with E-state index in [1.54, 1.807) is 0 Å². The van der Waals surface area contributed by atoms with Crippen molar-refractivity contribution in [1.82, 2.24) is 15.1 Å². The lowest BCUT2D eigenvalue weighted by molar-refractivity contribution is 0.0909. The van der Waals surface area contributed by atoms with Gasteiger partial charge in [-0.25, -0.2) is 0 Å². The van der Waals surface area contributed by atoms with E-state index in [9.17, 15) is 0 Å². The molecule has 0 aromatic carbocycles. The first kappa shape index (κ1) is 10.4. The van der Waals surface area contributed by atoms with Crippen LogP contribution in [-0.4, -0.2) is 62.7 Å². The highest BCUT2D eigenvalue weighted by molar-refractivity contribution is 4.87. The second-order valence-electron chi connectivity index (χ2n) is 5.05. The van der Waals surface area contributed by atoms with Crippen LogP contribution in [0.2, 0.25) is 0 Å². The summed E-state index contributed by atoms with van der Waals surface area (Å²) in [7, 11) is 4.37. The maximum Gasteiger partial charge on any atom is 0.0345 e. The summed E-state index contributed by atoms with van der Waals surface area (Å²) in [5.74, 6) is 0.939. The van der Waals surface area contributed by atoms with Gasteiger partial charge in [-0.3, -0.25) is 4.90 Å². The molecule has 2 aliphatic rings. The molecule has 0 radical (unpaired) electrons. The van der Waals surface area contributed by atoms with E-state index in [0.717, 1.165) is 12.0 Å². The molecule has 0 bridgehead atoms. The van der Waals surface area contributed by atoms with E-state index >= 15 is 0 Å². The molecular weight excluding hydrogens is 174 g/mol. The molecule has 2 saturated heterocycles. The lowest BCUT2D eigenvalue weighted by Crippen LogP contribution is -2.59. The third kappa shape index (κ3) is 2.47. The van der Waals surface area contributed by atoms with Crippen molar-refractivity contribution in [2.24, 2.45) is 5.92 Å². The number of hydrogen-bond acceptors (Lipinski definition) is 3. The summed E-state index contributed by atoms with van der Waals surface area (Å²) in [5.41, 5.74) is 0. The van der Waals surface area contributed by atoms with Gasteiger partial charge in [-0.1, -0.05) is 0 Å². The van der Waals surface area contributed by atoms with E-state index in [0.29, 0.717) is 0 Å². The Morgan fingerprint density at radius 1 is 1.21 bits per heavy atom. The standard InChI is InChI=1S/C11H23N3/c1-13(2)9-10-3-5-14(6-4-10)11-7-12-8-11/h10-12H,3-9H2,1-2H3. The van der Waals surface area contributed by atoms with Crippen molar-refractivity contribution in [3.05, 3.63) is 0 Å². The molecule has 0 aliphatic carbocycles. The van der Waals surface area contributed by atoms with E-state index in [-0.39, 0.29) is 0 Å². The van der Waals surface area contributed by atoms with Crippen LogP contribution >= 0.6 is 0 Å². The fraction of sp³-hybridized carbons (Fsp3) is 1.00. The van der Waals surface area contributed by atoms with E-state index in [1.165, 1.54) is 45.6 Å². The number of nitrogens with zero attached hydrogens (tertiary/aromatic N) is 2. The molecule has 82 valence electrons. The van der Waals surface area contributed by atoms with Crippen molar-refractivity contribution in [3.8, 4) is 0 Å². The van der Waals surface area contributed by atoms with Crippen LogP contribution in [0.3, 0.4) is 0 Å². The smallest absolute Gasteiger partial charge is 0.0345 e. The predicted molar refractivity (Wildman–Crippen MR) is 59.5 cm³/mol. The van der Waals surface area contributed by atoms with Gasteiger partial charge < -0.3 is 10.2 Å². The first-order chi connectivity index (χ1) is 6.75. The van der Waals surface area contributed by atoms with Crippen LogP contribution in [0.1, 0.15) is 12.8 Å². The van der Waals surface area contributed by atoms with Crippen LogP contribution in [-0.2, 0) is 0 Å². The van der Waals surface area contributed by atoms with Crippen LogP contribution in [0.4, 0.5) is 0 Å². The molecular formula is C11H23N3. The molecule has 2 aliphatic heterocycles. The quantitative estimate of drug-likeness (QED) is 0.699. The van der Waals surface area contributed by atoms with Gasteiger partial charge in [0.25, 0.3) is 0 Å². The lowest BCUT2D eigenvalue weighted by Gasteiger charge is -2.42. The fourth-order valence-electron chi connectivity index (χ4n) is 2.55. The summed E-state index contributed by atoms with van der Waals surface area (Å²) in [6, 6.07) is 0.857. The minimum Gasteiger partial charge on any atom is -0.314 e. The number of hydrogen-bond donors (Lipinski definition) is 1. The molecule has 0 aromatic heterocycles. The van der Waals surface area contributed by atoms with Crippen molar-refractivity contribution >= 4 is 0 Å². The van der Waals surface area contributed by atoms with Crippen LogP contribution < -0.4 is 5.32 Å². The normalized spacial score (nSPS) is 26.8. The molecule has 3 nitrogen and oxygen atoms in total. The zero-order valence-corrected chi connectivity index (χ0v) is 9.50. The zero-order valence-electron chi connectivity index (χ0n) is 9.50. The zero-order chi connectivity index (χ0) is 9.97. The molecule has 0 spiro atoms. The summed E-state index contributed by atoms with van der Waals surface area (Å²) < 4.78 is 0. The SMILES string of the molecule is CN(C)CC1CCN(C2CNC2)CC1. The Bertz CT molecular complexity index is 169. The lowest BCUT2D eigenvalue weighted by atomic mass is 9.94. The third-order valence-corrected chi connectivity index (χ3v) is 3.55.